The van der Waals surface area contributed by atoms with Crippen LogP contribution in [0.4, 0.5) is 0 Å². The normalized spacial score (nSPS) is 10.3. The molecule has 0 saturated heterocycles. The van der Waals surface area contributed by atoms with E-state index in [1.54, 1.807) is 12.1 Å². The molecule has 1 heterocycles. The van der Waals surface area contributed by atoms with Gasteiger partial charge in [0.1, 0.15) is 0 Å². The highest BCUT2D eigenvalue weighted by atomic mass is 35.5. The summed E-state index contributed by atoms with van der Waals surface area (Å²) in [6, 6.07) is 9.01. The summed E-state index contributed by atoms with van der Waals surface area (Å²) in [6.45, 7) is 0.685. The van der Waals surface area contributed by atoms with Gasteiger partial charge in [-0.2, -0.15) is 0 Å². The Morgan fingerprint density at radius 1 is 1.31 bits per heavy atom. The van der Waals surface area contributed by atoms with Gasteiger partial charge in [-0.3, -0.25) is 4.79 Å². The van der Waals surface area contributed by atoms with Crippen LogP contribution in [0, 0.1) is 0 Å². The first kappa shape index (κ1) is 10.8. The van der Waals surface area contributed by atoms with Crippen molar-refractivity contribution in [3.05, 3.63) is 58.9 Å². The molecule has 3 nitrogen and oxygen atoms in total. The number of amides is 1. The molecule has 2 aromatic rings. The molecule has 0 bridgehead atoms. The number of rotatable bonds is 3. The van der Waals surface area contributed by atoms with Crippen molar-refractivity contribution in [2.45, 2.75) is 6.54 Å². The van der Waals surface area contributed by atoms with Gasteiger partial charge in [-0.1, -0.05) is 17.7 Å². The number of benzene rings is 1. The van der Waals surface area contributed by atoms with E-state index in [1.807, 2.05) is 35.2 Å². The van der Waals surface area contributed by atoms with E-state index in [9.17, 15) is 4.79 Å². The molecule has 0 aliphatic rings. The van der Waals surface area contributed by atoms with Crippen molar-refractivity contribution in [1.82, 2.24) is 4.57 Å². The number of carbonyl (C=O) groups is 1. The molecule has 0 saturated carbocycles. The summed E-state index contributed by atoms with van der Waals surface area (Å²) in [5.74, 6) is -0.464. The maximum atomic E-state index is 10.9. The average molecular weight is 235 g/mol. The third kappa shape index (κ3) is 2.25. The van der Waals surface area contributed by atoms with Crippen LogP contribution in [-0.4, -0.2) is 10.5 Å². The molecular weight excluding hydrogens is 224 g/mol. The minimum absolute atomic E-state index is 0.432. The second kappa shape index (κ2) is 4.41. The van der Waals surface area contributed by atoms with Crippen molar-refractivity contribution in [3.63, 3.8) is 0 Å². The summed E-state index contributed by atoms with van der Waals surface area (Å²) >= 11 is 6.07. The lowest BCUT2D eigenvalue weighted by Crippen LogP contribution is -2.11. The van der Waals surface area contributed by atoms with Gasteiger partial charge >= 0.3 is 0 Å². The van der Waals surface area contributed by atoms with Gasteiger partial charge in [-0.05, 0) is 29.8 Å². The fourth-order valence-corrected chi connectivity index (χ4v) is 1.74. The zero-order chi connectivity index (χ0) is 11.5. The second-order valence-electron chi connectivity index (χ2n) is 3.53. The summed E-state index contributed by atoms with van der Waals surface area (Å²) < 4.78 is 2.01. The molecule has 0 radical (unpaired) electrons. The van der Waals surface area contributed by atoms with Gasteiger partial charge in [0, 0.05) is 29.5 Å². The Kier molecular flexibility index (Phi) is 2.97. The number of primary amides is 1. The van der Waals surface area contributed by atoms with Crippen LogP contribution in [0.3, 0.4) is 0 Å². The summed E-state index contributed by atoms with van der Waals surface area (Å²) in [7, 11) is 0. The molecule has 2 rings (SSSR count). The monoisotopic (exact) mass is 234 g/mol. The Bertz CT molecular complexity index is 506. The van der Waals surface area contributed by atoms with Gasteiger partial charge in [0.15, 0.2) is 0 Å². The Morgan fingerprint density at radius 3 is 2.56 bits per heavy atom. The minimum atomic E-state index is -0.464. The SMILES string of the molecule is NC(=O)c1ccc(Cn2cccc2)c(Cl)c1. The van der Waals surface area contributed by atoms with E-state index in [4.69, 9.17) is 17.3 Å². The topological polar surface area (TPSA) is 48.0 Å². The molecule has 82 valence electrons. The van der Waals surface area contributed by atoms with Crippen molar-refractivity contribution < 1.29 is 4.79 Å². The Hall–Kier alpha value is -1.74. The number of hydrogen-bond donors (Lipinski definition) is 1. The average Bonchev–Trinajstić information content (AvgIpc) is 2.73. The van der Waals surface area contributed by atoms with Crippen LogP contribution in [-0.2, 0) is 6.54 Å². The van der Waals surface area contributed by atoms with Crippen LogP contribution in [0.15, 0.2) is 42.7 Å². The fraction of sp³-hybridized carbons (Fsp3) is 0.0833. The maximum Gasteiger partial charge on any atom is 0.248 e. The zero-order valence-electron chi connectivity index (χ0n) is 8.56. The third-order valence-electron chi connectivity index (χ3n) is 2.36. The first-order valence-corrected chi connectivity index (χ1v) is 5.23. The first-order chi connectivity index (χ1) is 7.66. The Labute approximate surface area is 98.4 Å². The van der Waals surface area contributed by atoms with E-state index in [2.05, 4.69) is 0 Å². The van der Waals surface area contributed by atoms with E-state index in [0.717, 1.165) is 5.56 Å². The predicted molar refractivity (Wildman–Crippen MR) is 63.5 cm³/mol. The first-order valence-electron chi connectivity index (χ1n) is 4.86. The van der Waals surface area contributed by atoms with Gasteiger partial charge in [-0.15, -0.1) is 0 Å². The van der Waals surface area contributed by atoms with E-state index < -0.39 is 5.91 Å². The van der Waals surface area contributed by atoms with Gasteiger partial charge < -0.3 is 10.3 Å². The van der Waals surface area contributed by atoms with Crippen LogP contribution >= 0.6 is 11.6 Å². The Balaban J connectivity index is 2.26. The predicted octanol–water partition coefficient (Wildman–Crippen LogP) is 2.29. The van der Waals surface area contributed by atoms with Gasteiger partial charge in [0.05, 0.1) is 0 Å². The molecule has 0 fully saturated rings. The minimum Gasteiger partial charge on any atom is -0.366 e. The second-order valence-corrected chi connectivity index (χ2v) is 3.93. The lowest BCUT2D eigenvalue weighted by molar-refractivity contribution is 0.100. The highest BCUT2D eigenvalue weighted by molar-refractivity contribution is 6.31. The lowest BCUT2D eigenvalue weighted by Gasteiger charge is -2.06. The summed E-state index contributed by atoms with van der Waals surface area (Å²) in [5.41, 5.74) is 6.56. The number of carbonyl (C=O) groups excluding carboxylic acids is 1. The van der Waals surface area contributed by atoms with E-state index in [-0.39, 0.29) is 0 Å². The summed E-state index contributed by atoms with van der Waals surface area (Å²) in [6.07, 6.45) is 3.91. The molecule has 0 unspecified atom stereocenters. The molecule has 16 heavy (non-hydrogen) atoms. The lowest BCUT2D eigenvalue weighted by atomic mass is 10.1. The number of halogens is 1. The van der Waals surface area contributed by atoms with Gasteiger partial charge in [0.25, 0.3) is 0 Å². The van der Waals surface area contributed by atoms with E-state index >= 15 is 0 Å². The maximum absolute atomic E-state index is 10.9. The fourth-order valence-electron chi connectivity index (χ4n) is 1.50. The van der Waals surface area contributed by atoms with Crippen LogP contribution < -0.4 is 5.73 Å². The standard InChI is InChI=1S/C12H11ClN2O/c13-11-7-9(12(14)16)3-4-10(11)8-15-5-1-2-6-15/h1-7H,8H2,(H2,14,16). The smallest absolute Gasteiger partial charge is 0.248 e. The van der Waals surface area contributed by atoms with Crippen molar-refractivity contribution in [3.8, 4) is 0 Å². The molecular formula is C12H11ClN2O. The van der Waals surface area contributed by atoms with Crippen molar-refractivity contribution in [2.24, 2.45) is 5.73 Å². The summed E-state index contributed by atoms with van der Waals surface area (Å²) in [4.78, 5) is 10.9. The van der Waals surface area contributed by atoms with E-state index in [1.165, 1.54) is 0 Å². The molecule has 0 spiro atoms. The van der Waals surface area contributed by atoms with Crippen molar-refractivity contribution in [1.29, 1.82) is 0 Å². The largest absolute Gasteiger partial charge is 0.366 e. The van der Waals surface area contributed by atoms with Crippen LogP contribution in [0.25, 0.3) is 0 Å². The van der Waals surface area contributed by atoms with E-state index in [0.29, 0.717) is 17.1 Å². The number of aromatic nitrogens is 1. The third-order valence-corrected chi connectivity index (χ3v) is 2.71. The van der Waals surface area contributed by atoms with Crippen molar-refractivity contribution in [2.75, 3.05) is 0 Å². The number of hydrogen-bond acceptors (Lipinski definition) is 1. The van der Waals surface area contributed by atoms with Crippen LogP contribution in [0.2, 0.25) is 5.02 Å². The van der Waals surface area contributed by atoms with Gasteiger partial charge in [-0.25, -0.2) is 0 Å². The number of nitrogens with two attached hydrogens (primary N) is 1. The quantitative estimate of drug-likeness (QED) is 0.870. The molecule has 1 aromatic carbocycles. The van der Waals surface area contributed by atoms with Crippen LogP contribution in [0.5, 0.6) is 0 Å². The molecule has 0 atom stereocenters. The van der Waals surface area contributed by atoms with Crippen LogP contribution in [0.1, 0.15) is 15.9 Å². The van der Waals surface area contributed by atoms with Crippen molar-refractivity contribution >= 4 is 17.5 Å². The number of nitrogens with zero attached hydrogens (tertiary/aromatic N) is 1. The highest BCUT2D eigenvalue weighted by Crippen LogP contribution is 2.18. The zero-order valence-corrected chi connectivity index (χ0v) is 9.32. The molecule has 1 amide bonds. The Morgan fingerprint density at radius 2 is 2.00 bits per heavy atom. The molecule has 4 heteroatoms. The molecule has 1 aromatic heterocycles. The molecule has 0 aliphatic carbocycles. The highest BCUT2D eigenvalue weighted by Gasteiger charge is 2.05. The summed E-state index contributed by atoms with van der Waals surface area (Å²) in [5, 5.41) is 0.560. The molecule has 0 aliphatic heterocycles. The van der Waals surface area contributed by atoms with Gasteiger partial charge in [0.2, 0.25) is 5.91 Å². The molecule has 2 N–H and O–H groups in total.